The Labute approximate surface area is 115 Å². The zero-order valence-corrected chi connectivity index (χ0v) is 13.0. The van der Waals surface area contributed by atoms with Gasteiger partial charge in [-0.1, -0.05) is 0 Å². The average Bonchev–Trinajstić information content (AvgIpc) is 2.28. The molecule has 1 rings (SSSR count). The molecule has 1 aliphatic heterocycles. The zero-order chi connectivity index (χ0) is 13.8. The van der Waals surface area contributed by atoms with Crippen LogP contribution < -0.4 is 0 Å². The predicted octanol–water partition coefficient (Wildman–Crippen LogP) is 1.74. The Bertz CT molecular complexity index is 412. The first-order valence-electron chi connectivity index (χ1n) is 6.18. The second kappa shape index (κ2) is 6.27. The molecule has 0 N–H and O–H groups in total. The van der Waals surface area contributed by atoms with Crippen LogP contribution >= 0.6 is 11.8 Å². The monoisotopic (exact) mass is 290 g/mol. The predicted molar refractivity (Wildman–Crippen MR) is 76.2 cm³/mol. The second-order valence-electron chi connectivity index (χ2n) is 5.49. The van der Waals surface area contributed by atoms with E-state index in [1.165, 1.54) is 6.26 Å². The molecule has 1 saturated heterocycles. The first-order chi connectivity index (χ1) is 8.26. The SMILES string of the molecule is CC(C)(C#N)CCCN1CCSCC1S(C)(=O)=O. The lowest BCUT2D eigenvalue weighted by atomic mass is 9.90. The van der Waals surface area contributed by atoms with Crippen LogP contribution in [0.4, 0.5) is 0 Å². The highest BCUT2D eigenvalue weighted by Crippen LogP contribution is 2.24. The van der Waals surface area contributed by atoms with E-state index in [2.05, 4.69) is 11.0 Å². The molecule has 0 saturated carbocycles. The molecule has 104 valence electrons. The van der Waals surface area contributed by atoms with Crippen molar-refractivity contribution in [3.05, 3.63) is 0 Å². The maximum Gasteiger partial charge on any atom is 0.164 e. The number of nitriles is 1. The normalized spacial score (nSPS) is 22.7. The van der Waals surface area contributed by atoms with Crippen LogP contribution in [0.5, 0.6) is 0 Å². The fourth-order valence-electron chi connectivity index (χ4n) is 2.05. The molecule has 1 atom stereocenters. The van der Waals surface area contributed by atoms with E-state index in [1.54, 1.807) is 11.8 Å². The highest BCUT2D eigenvalue weighted by atomic mass is 32.2. The van der Waals surface area contributed by atoms with Crippen molar-refractivity contribution in [2.45, 2.75) is 32.1 Å². The van der Waals surface area contributed by atoms with E-state index in [9.17, 15) is 8.42 Å². The third-order valence-electron chi connectivity index (χ3n) is 3.23. The molecule has 4 nitrogen and oxygen atoms in total. The summed E-state index contributed by atoms with van der Waals surface area (Å²) in [5, 5.41) is 8.60. The van der Waals surface area contributed by atoms with Gasteiger partial charge < -0.3 is 0 Å². The van der Waals surface area contributed by atoms with Gasteiger partial charge in [0.25, 0.3) is 0 Å². The third kappa shape index (κ3) is 4.79. The number of thioether (sulfide) groups is 1. The van der Waals surface area contributed by atoms with E-state index >= 15 is 0 Å². The number of sulfone groups is 1. The lowest BCUT2D eigenvalue weighted by molar-refractivity contribution is 0.253. The maximum atomic E-state index is 11.7. The molecule has 0 bridgehead atoms. The van der Waals surface area contributed by atoms with Crippen LogP contribution in [0.25, 0.3) is 0 Å². The summed E-state index contributed by atoms with van der Waals surface area (Å²) in [6.07, 6.45) is 3.00. The second-order valence-corrected chi connectivity index (χ2v) is 8.85. The molecule has 0 aromatic carbocycles. The zero-order valence-electron chi connectivity index (χ0n) is 11.3. The standard InChI is InChI=1S/C12H22N2O2S2/c1-12(2,10-13)5-4-6-14-7-8-17-9-11(14)18(3,15)16/h11H,4-9H2,1-3H3. The molecule has 6 heteroatoms. The van der Waals surface area contributed by atoms with Crippen LogP contribution in [0.2, 0.25) is 0 Å². The molecule has 1 aliphatic rings. The Morgan fingerprint density at radius 2 is 2.17 bits per heavy atom. The fourth-order valence-corrected chi connectivity index (χ4v) is 5.02. The number of hydrogen-bond acceptors (Lipinski definition) is 5. The van der Waals surface area contributed by atoms with Gasteiger partial charge in [0, 0.05) is 24.3 Å². The number of rotatable bonds is 5. The first kappa shape index (κ1) is 15.8. The highest BCUT2D eigenvalue weighted by Gasteiger charge is 2.30. The maximum absolute atomic E-state index is 11.7. The Morgan fingerprint density at radius 1 is 1.50 bits per heavy atom. The minimum absolute atomic E-state index is 0.314. The van der Waals surface area contributed by atoms with E-state index in [0.29, 0.717) is 5.75 Å². The topological polar surface area (TPSA) is 61.2 Å². The van der Waals surface area contributed by atoms with Gasteiger partial charge in [-0.25, -0.2) is 8.42 Å². The van der Waals surface area contributed by atoms with Gasteiger partial charge in [-0.05, 0) is 33.2 Å². The highest BCUT2D eigenvalue weighted by molar-refractivity contribution is 8.00. The molecule has 1 fully saturated rings. The molecule has 1 heterocycles. The van der Waals surface area contributed by atoms with Crippen molar-refractivity contribution in [2.75, 3.05) is 30.9 Å². The largest absolute Gasteiger partial charge is 0.286 e. The summed E-state index contributed by atoms with van der Waals surface area (Å²) in [4.78, 5) is 2.05. The summed E-state index contributed by atoms with van der Waals surface area (Å²) in [6, 6.07) is 2.28. The van der Waals surface area contributed by atoms with Crippen LogP contribution in [-0.4, -0.2) is 49.5 Å². The van der Waals surface area contributed by atoms with Crippen molar-refractivity contribution in [1.82, 2.24) is 4.90 Å². The molecular weight excluding hydrogens is 268 g/mol. The Balaban J connectivity index is 2.52. The summed E-state index contributed by atoms with van der Waals surface area (Å²) in [5.41, 5.74) is -0.314. The van der Waals surface area contributed by atoms with Crippen molar-refractivity contribution in [3.63, 3.8) is 0 Å². The van der Waals surface area contributed by atoms with E-state index in [-0.39, 0.29) is 10.8 Å². The van der Waals surface area contributed by atoms with Gasteiger partial charge >= 0.3 is 0 Å². The van der Waals surface area contributed by atoms with Crippen LogP contribution in [-0.2, 0) is 9.84 Å². The van der Waals surface area contributed by atoms with Gasteiger partial charge in [0.2, 0.25) is 0 Å². The summed E-state index contributed by atoms with van der Waals surface area (Å²) in [5.74, 6) is 1.66. The molecule has 0 spiro atoms. The van der Waals surface area contributed by atoms with Crippen molar-refractivity contribution in [2.24, 2.45) is 5.41 Å². The molecular formula is C12H22N2O2S2. The molecule has 0 aliphatic carbocycles. The van der Waals surface area contributed by atoms with Gasteiger partial charge in [0.15, 0.2) is 9.84 Å². The summed E-state index contributed by atoms with van der Waals surface area (Å²) in [6.45, 7) is 5.44. The molecule has 0 radical (unpaired) electrons. The van der Waals surface area contributed by atoms with Crippen LogP contribution in [0.15, 0.2) is 0 Å². The lowest BCUT2D eigenvalue weighted by Gasteiger charge is -2.34. The Morgan fingerprint density at radius 3 is 2.72 bits per heavy atom. The van der Waals surface area contributed by atoms with Crippen LogP contribution in [0.1, 0.15) is 26.7 Å². The lowest BCUT2D eigenvalue weighted by Crippen LogP contribution is -2.47. The minimum atomic E-state index is -3.01. The van der Waals surface area contributed by atoms with E-state index in [4.69, 9.17) is 5.26 Å². The van der Waals surface area contributed by atoms with E-state index < -0.39 is 9.84 Å². The van der Waals surface area contributed by atoms with Crippen molar-refractivity contribution in [3.8, 4) is 6.07 Å². The molecule has 0 aromatic rings. The molecule has 1 unspecified atom stereocenters. The average molecular weight is 290 g/mol. The van der Waals surface area contributed by atoms with Gasteiger partial charge in [-0.3, -0.25) is 4.90 Å². The first-order valence-corrected chi connectivity index (χ1v) is 9.29. The van der Waals surface area contributed by atoms with Crippen molar-refractivity contribution < 1.29 is 8.42 Å². The van der Waals surface area contributed by atoms with Crippen molar-refractivity contribution in [1.29, 1.82) is 5.26 Å². The van der Waals surface area contributed by atoms with Crippen LogP contribution in [0.3, 0.4) is 0 Å². The molecule has 0 aromatic heterocycles. The summed E-state index contributed by atoms with van der Waals surface area (Å²) < 4.78 is 23.4. The fraction of sp³-hybridized carbons (Fsp3) is 0.917. The van der Waals surface area contributed by atoms with Gasteiger partial charge in [0.1, 0.15) is 5.37 Å². The number of nitrogens with zero attached hydrogens (tertiary/aromatic N) is 2. The summed E-state index contributed by atoms with van der Waals surface area (Å²) in [7, 11) is -3.01. The van der Waals surface area contributed by atoms with E-state index in [0.717, 1.165) is 31.7 Å². The smallest absolute Gasteiger partial charge is 0.164 e. The minimum Gasteiger partial charge on any atom is -0.286 e. The summed E-state index contributed by atoms with van der Waals surface area (Å²) >= 11 is 1.70. The Kier molecular flexibility index (Phi) is 5.50. The quantitative estimate of drug-likeness (QED) is 0.772. The van der Waals surface area contributed by atoms with Crippen LogP contribution in [0, 0.1) is 16.7 Å². The van der Waals surface area contributed by atoms with Gasteiger partial charge in [-0.15, -0.1) is 0 Å². The van der Waals surface area contributed by atoms with Gasteiger partial charge in [0.05, 0.1) is 11.5 Å². The third-order valence-corrected chi connectivity index (χ3v) is 5.92. The molecule has 18 heavy (non-hydrogen) atoms. The Hall–Kier alpha value is -0.250. The van der Waals surface area contributed by atoms with E-state index in [1.807, 2.05) is 13.8 Å². The number of hydrogen-bond donors (Lipinski definition) is 0. The molecule has 0 amide bonds. The van der Waals surface area contributed by atoms with Crippen molar-refractivity contribution >= 4 is 21.6 Å². The van der Waals surface area contributed by atoms with Gasteiger partial charge in [-0.2, -0.15) is 17.0 Å².